The highest BCUT2D eigenvalue weighted by molar-refractivity contribution is 5.89. The second-order valence-corrected chi connectivity index (χ2v) is 6.26. The summed E-state index contributed by atoms with van der Waals surface area (Å²) < 4.78 is 45.0. The van der Waals surface area contributed by atoms with E-state index in [1.807, 2.05) is 6.92 Å². The van der Waals surface area contributed by atoms with E-state index >= 15 is 0 Å². The Kier molecular flexibility index (Phi) is 7.90. The predicted molar refractivity (Wildman–Crippen MR) is 93.8 cm³/mol. The molecule has 9 heteroatoms. The number of hydrogen-bond donors (Lipinski definition) is 2. The molecule has 0 saturated carbocycles. The van der Waals surface area contributed by atoms with Crippen LogP contribution < -0.4 is 10.6 Å². The largest absolute Gasteiger partial charge is 0.382 e. The highest BCUT2D eigenvalue weighted by Crippen LogP contribution is 2.22. The molecule has 0 spiro atoms. The molecule has 150 valence electrons. The summed E-state index contributed by atoms with van der Waals surface area (Å²) in [5.41, 5.74) is -0.423. The molecule has 27 heavy (non-hydrogen) atoms. The van der Waals surface area contributed by atoms with E-state index in [2.05, 4.69) is 10.6 Å². The molecule has 0 unspecified atom stereocenters. The van der Waals surface area contributed by atoms with Crippen LogP contribution in [0.2, 0.25) is 0 Å². The van der Waals surface area contributed by atoms with Crippen LogP contribution in [0.5, 0.6) is 0 Å². The molecule has 1 saturated heterocycles. The van der Waals surface area contributed by atoms with Crippen LogP contribution in [0.4, 0.5) is 23.7 Å². The van der Waals surface area contributed by atoms with Gasteiger partial charge >= 0.3 is 6.03 Å². The van der Waals surface area contributed by atoms with Crippen molar-refractivity contribution in [1.82, 2.24) is 10.2 Å². The molecule has 2 N–H and O–H groups in total. The summed E-state index contributed by atoms with van der Waals surface area (Å²) in [7, 11) is 0. The van der Waals surface area contributed by atoms with Gasteiger partial charge in [-0.25, -0.2) is 18.0 Å². The fourth-order valence-electron chi connectivity index (χ4n) is 2.84. The zero-order valence-electron chi connectivity index (χ0n) is 15.2. The number of anilines is 1. The van der Waals surface area contributed by atoms with Crippen LogP contribution in [0.3, 0.4) is 0 Å². The third kappa shape index (κ3) is 5.85. The number of carbonyl (C=O) groups is 2. The number of benzene rings is 1. The van der Waals surface area contributed by atoms with Crippen LogP contribution in [0, 0.1) is 23.4 Å². The maximum Gasteiger partial charge on any atom is 0.321 e. The van der Waals surface area contributed by atoms with Crippen molar-refractivity contribution < 1.29 is 27.5 Å². The number of halogens is 3. The van der Waals surface area contributed by atoms with Crippen LogP contribution in [0.15, 0.2) is 12.1 Å². The Hall–Kier alpha value is -2.29. The first-order valence-electron chi connectivity index (χ1n) is 8.99. The van der Waals surface area contributed by atoms with E-state index < -0.39 is 29.2 Å². The van der Waals surface area contributed by atoms with E-state index in [4.69, 9.17) is 4.74 Å². The fraction of sp³-hybridized carbons (Fsp3) is 0.556. The number of carbonyl (C=O) groups excluding carboxylic acids is 2. The standard InChI is InChI=1S/C18H24F3N3O3/c1-2-27-11-3-8-22-17(25)12-6-9-24(10-7-12)18(26)23-14-5-4-13(19)15(20)16(14)21/h4-5,12H,2-3,6-11H2,1H3,(H,22,25)(H,23,26). The van der Waals surface area contributed by atoms with Gasteiger partial charge in [-0.1, -0.05) is 0 Å². The van der Waals surface area contributed by atoms with Crippen molar-refractivity contribution in [1.29, 1.82) is 0 Å². The number of nitrogens with zero attached hydrogens (tertiary/aromatic N) is 1. The predicted octanol–water partition coefficient (Wildman–Crippen LogP) is 2.89. The third-order valence-corrected chi connectivity index (χ3v) is 4.40. The lowest BCUT2D eigenvalue weighted by Crippen LogP contribution is -2.44. The van der Waals surface area contributed by atoms with Crippen molar-refractivity contribution in [2.75, 3.05) is 38.2 Å². The van der Waals surface area contributed by atoms with Gasteiger partial charge in [-0.05, 0) is 38.3 Å². The van der Waals surface area contributed by atoms with Crippen molar-refractivity contribution in [2.24, 2.45) is 5.92 Å². The van der Waals surface area contributed by atoms with Crippen molar-refractivity contribution in [3.05, 3.63) is 29.6 Å². The number of hydrogen-bond acceptors (Lipinski definition) is 3. The Labute approximate surface area is 156 Å². The van der Waals surface area contributed by atoms with Gasteiger partial charge in [0.25, 0.3) is 0 Å². The number of amides is 3. The molecule has 0 aromatic heterocycles. The van der Waals surface area contributed by atoms with Gasteiger partial charge in [-0.3, -0.25) is 4.79 Å². The van der Waals surface area contributed by atoms with Gasteiger partial charge in [0, 0.05) is 38.8 Å². The van der Waals surface area contributed by atoms with Crippen molar-refractivity contribution in [3.8, 4) is 0 Å². The highest BCUT2D eigenvalue weighted by Gasteiger charge is 2.27. The molecule has 1 aliphatic rings. The van der Waals surface area contributed by atoms with E-state index in [1.54, 1.807) is 0 Å². The van der Waals surface area contributed by atoms with Crippen LogP contribution in [0.25, 0.3) is 0 Å². The summed E-state index contributed by atoms with van der Waals surface area (Å²) in [6.07, 6.45) is 1.69. The number of likely N-dealkylation sites (tertiary alicyclic amines) is 1. The third-order valence-electron chi connectivity index (χ3n) is 4.40. The van der Waals surface area contributed by atoms with Crippen LogP contribution in [-0.4, -0.2) is 49.7 Å². The van der Waals surface area contributed by atoms with Crippen molar-refractivity contribution in [3.63, 3.8) is 0 Å². The maximum absolute atomic E-state index is 13.6. The molecular formula is C18H24F3N3O3. The van der Waals surface area contributed by atoms with Gasteiger partial charge in [0.1, 0.15) is 0 Å². The first-order valence-corrected chi connectivity index (χ1v) is 8.99. The Morgan fingerprint density at radius 1 is 1.19 bits per heavy atom. The average molecular weight is 387 g/mol. The molecule has 3 amide bonds. The molecule has 1 fully saturated rings. The lowest BCUT2D eigenvalue weighted by atomic mass is 9.96. The minimum Gasteiger partial charge on any atom is -0.382 e. The summed E-state index contributed by atoms with van der Waals surface area (Å²) in [4.78, 5) is 25.7. The zero-order chi connectivity index (χ0) is 19.8. The van der Waals surface area contributed by atoms with Crippen molar-refractivity contribution in [2.45, 2.75) is 26.2 Å². The average Bonchev–Trinajstić information content (AvgIpc) is 2.68. The van der Waals surface area contributed by atoms with Gasteiger partial charge in [0.05, 0.1) is 5.69 Å². The molecule has 1 aromatic carbocycles. The van der Waals surface area contributed by atoms with Crippen molar-refractivity contribution >= 4 is 17.6 Å². The Bertz CT molecular complexity index is 665. The number of rotatable bonds is 7. The van der Waals surface area contributed by atoms with Gasteiger partial charge in [0.2, 0.25) is 5.91 Å². The topological polar surface area (TPSA) is 70.7 Å². The Morgan fingerprint density at radius 3 is 2.56 bits per heavy atom. The second-order valence-electron chi connectivity index (χ2n) is 6.26. The lowest BCUT2D eigenvalue weighted by Gasteiger charge is -2.31. The molecule has 2 rings (SSSR count). The zero-order valence-corrected chi connectivity index (χ0v) is 15.2. The molecule has 0 bridgehead atoms. The van der Waals surface area contributed by atoms with E-state index in [1.165, 1.54) is 4.90 Å². The molecule has 1 aromatic rings. The second kappa shape index (κ2) is 10.1. The quantitative estimate of drug-likeness (QED) is 0.558. The summed E-state index contributed by atoms with van der Waals surface area (Å²) in [6, 6.07) is 1.10. The van der Waals surface area contributed by atoms with E-state index in [0.29, 0.717) is 45.7 Å². The monoisotopic (exact) mass is 387 g/mol. The minimum absolute atomic E-state index is 0.0572. The summed E-state index contributed by atoms with van der Waals surface area (Å²) in [5.74, 6) is -4.64. The normalized spacial score (nSPS) is 14.9. The van der Waals surface area contributed by atoms with Gasteiger partial charge in [0.15, 0.2) is 17.5 Å². The minimum atomic E-state index is -1.63. The smallest absolute Gasteiger partial charge is 0.321 e. The molecule has 1 heterocycles. The van der Waals surface area contributed by atoms with Crippen LogP contribution in [-0.2, 0) is 9.53 Å². The SMILES string of the molecule is CCOCCCNC(=O)C1CCN(C(=O)Nc2ccc(F)c(F)c2F)CC1. The molecular weight excluding hydrogens is 363 g/mol. The molecule has 6 nitrogen and oxygen atoms in total. The number of ether oxygens (including phenoxy) is 1. The molecule has 1 aliphatic heterocycles. The van der Waals surface area contributed by atoms with Gasteiger partial charge < -0.3 is 20.3 Å². The van der Waals surface area contributed by atoms with Crippen LogP contribution >= 0.6 is 0 Å². The summed E-state index contributed by atoms with van der Waals surface area (Å²) in [6.45, 7) is 4.31. The first-order chi connectivity index (χ1) is 12.9. The summed E-state index contributed by atoms with van der Waals surface area (Å²) >= 11 is 0. The fourth-order valence-corrected chi connectivity index (χ4v) is 2.84. The number of nitrogens with one attached hydrogen (secondary N) is 2. The van der Waals surface area contributed by atoms with E-state index in [0.717, 1.165) is 18.6 Å². The maximum atomic E-state index is 13.6. The van der Waals surface area contributed by atoms with E-state index in [-0.39, 0.29) is 11.8 Å². The van der Waals surface area contributed by atoms with Gasteiger partial charge in [-0.15, -0.1) is 0 Å². The van der Waals surface area contributed by atoms with Gasteiger partial charge in [-0.2, -0.15) is 0 Å². The molecule has 0 atom stereocenters. The van der Waals surface area contributed by atoms with Crippen LogP contribution in [0.1, 0.15) is 26.2 Å². The number of piperidine rings is 1. The number of urea groups is 1. The molecule has 0 aliphatic carbocycles. The first kappa shape index (κ1) is 21.0. The van der Waals surface area contributed by atoms with E-state index in [9.17, 15) is 22.8 Å². The Balaban J connectivity index is 1.77. The lowest BCUT2D eigenvalue weighted by molar-refractivity contribution is -0.126. The highest BCUT2D eigenvalue weighted by atomic mass is 19.2. The summed E-state index contributed by atoms with van der Waals surface area (Å²) in [5, 5.41) is 5.09. The Morgan fingerprint density at radius 2 is 1.89 bits per heavy atom. The molecule has 0 radical (unpaired) electrons.